The summed E-state index contributed by atoms with van der Waals surface area (Å²) in [5, 5.41) is 7.74. The Morgan fingerprint density at radius 1 is 0.279 bits per heavy atom. The first-order valence-corrected chi connectivity index (χ1v) is 22.4. The van der Waals surface area contributed by atoms with Crippen LogP contribution in [0.4, 0.5) is 17.1 Å². The molecule has 61 heavy (non-hydrogen) atoms. The molecule has 0 fully saturated rings. The third-order valence-electron chi connectivity index (χ3n) is 12.1. The molecular weight excluding hydrogens is 775 g/mol. The van der Waals surface area contributed by atoms with Crippen LogP contribution in [0.2, 0.25) is 0 Å². The molecule has 0 saturated carbocycles. The summed E-state index contributed by atoms with van der Waals surface area (Å²) in [5.74, 6) is 0. The molecule has 0 saturated heterocycles. The van der Waals surface area contributed by atoms with Crippen LogP contribution in [0.1, 0.15) is 0 Å². The largest absolute Gasteiger partial charge is 0.310 e. The summed E-state index contributed by atoms with van der Waals surface area (Å²) >= 11 is 3.76. The average molecular weight is 812 g/mol. The highest BCUT2D eigenvalue weighted by Crippen LogP contribution is 2.47. The van der Waals surface area contributed by atoms with E-state index in [4.69, 9.17) is 0 Å². The third-order valence-corrected chi connectivity index (χ3v) is 14.5. The van der Waals surface area contributed by atoms with Gasteiger partial charge in [-0.3, -0.25) is 0 Å². The van der Waals surface area contributed by atoms with Crippen molar-refractivity contribution in [2.24, 2.45) is 0 Å². The Hall–Kier alpha value is -7.30. The van der Waals surface area contributed by atoms with Gasteiger partial charge in [0.2, 0.25) is 0 Å². The average Bonchev–Trinajstić information content (AvgIpc) is 3.91. The zero-order valence-electron chi connectivity index (χ0n) is 33.1. The van der Waals surface area contributed by atoms with E-state index in [1.807, 2.05) is 22.7 Å². The molecule has 0 atom stereocenters. The molecular formula is C58H37NS2. The molecule has 2 aromatic heterocycles. The number of nitrogens with zero attached hydrogens (tertiary/aromatic N) is 1. The second-order valence-corrected chi connectivity index (χ2v) is 17.7. The minimum absolute atomic E-state index is 1.10. The number of anilines is 3. The van der Waals surface area contributed by atoms with Crippen LogP contribution in [0.25, 0.3) is 95.6 Å². The van der Waals surface area contributed by atoms with Gasteiger partial charge in [-0.05, 0) is 92.2 Å². The van der Waals surface area contributed by atoms with Gasteiger partial charge in [0.15, 0.2) is 0 Å². The fourth-order valence-electron chi connectivity index (χ4n) is 9.28. The first kappa shape index (κ1) is 35.6. The fourth-order valence-corrected chi connectivity index (χ4v) is 11.8. The molecule has 10 aromatic carbocycles. The van der Waals surface area contributed by atoms with Crippen LogP contribution < -0.4 is 4.90 Å². The van der Waals surface area contributed by atoms with Gasteiger partial charge in [0, 0.05) is 57.3 Å². The zero-order valence-corrected chi connectivity index (χ0v) is 34.8. The van der Waals surface area contributed by atoms with Gasteiger partial charge in [-0.25, -0.2) is 0 Å². The molecule has 0 aliphatic rings. The quantitative estimate of drug-likeness (QED) is 0.155. The molecule has 1 nitrogen and oxygen atoms in total. The lowest BCUT2D eigenvalue weighted by molar-refractivity contribution is 1.28. The van der Waals surface area contributed by atoms with Crippen molar-refractivity contribution in [3.05, 3.63) is 224 Å². The molecule has 286 valence electrons. The number of hydrogen-bond acceptors (Lipinski definition) is 3. The Morgan fingerprint density at radius 2 is 0.705 bits per heavy atom. The van der Waals surface area contributed by atoms with E-state index in [-0.39, 0.29) is 0 Å². The van der Waals surface area contributed by atoms with E-state index in [9.17, 15) is 0 Å². The van der Waals surface area contributed by atoms with Crippen molar-refractivity contribution in [2.45, 2.75) is 0 Å². The fraction of sp³-hybridized carbons (Fsp3) is 0. The van der Waals surface area contributed by atoms with Crippen molar-refractivity contribution in [3.8, 4) is 44.5 Å². The number of hydrogen-bond donors (Lipinski definition) is 0. The van der Waals surface area contributed by atoms with Crippen LogP contribution in [0, 0.1) is 0 Å². The van der Waals surface area contributed by atoms with E-state index >= 15 is 0 Å². The monoisotopic (exact) mass is 811 g/mol. The van der Waals surface area contributed by atoms with Gasteiger partial charge < -0.3 is 4.90 Å². The topological polar surface area (TPSA) is 3.24 Å². The van der Waals surface area contributed by atoms with E-state index < -0.39 is 0 Å². The van der Waals surface area contributed by atoms with Crippen molar-refractivity contribution in [1.82, 2.24) is 0 Å². The van der Waals surface area contributed by atoms with Gasteiger partial charge in [0.05, 0.1) is 5.69 Å². The van der Waals surface area contributed by atoms with Crippen molar-refractivity contribution < 1.29 is 0 Å². The van der Waals surface area contributed by atoms with Crippen LogP contribution >= 0.6 is 22.7 Å². The van der Waals surface area contributed by atoms with Crippen molar-refractivity contribution in [1.29, 1.82) is 0 Å². The standard InChI is InChI=1S/C58H37NS2/c1-2-14-38(15-3-1)44-21-10-16-41-17-11-24-50(56(41)44)47-18-4-7-27-53(47)59(42-34-30-39(31-35-42)45-22-12-25-51-48-19-5-8-28-54(48)60-57(45)51)43-36-32-40(33-37-43)46-23-13-26-52-49-20-6-9-29-55(49)61-58(46)52/h1-37H. The van der Waals surface area contributed by atoms with E-state index in [1.165, 1.54) is 95.6 Å². The highest BCUT2D eigenvalue weighted by Gasteiger charge is 2.21. The predicted octanol–water partition coefficient (Wildman–Crippen LogP) is 17.7. The van der Waals surface area contributed by atoms with Crippen molar-refractivity contribution in [2.75, 3.05) is 4.90 Å². The second kappa shape index (κ2) is 14.8. The number of fused-ring (bicyclic) bond motifs is 7. The molecule has 12 rings (SSSR count). The van der Waals surface area contributed by atoms with Gasteiger partial charge in [-0.1, -0.05) is 182 Å². The molecule has 0 spiro atoms. The van der Waals surface area contributed by atoms with Crippen molar-refractivity contribution in [3.63, 3.8) is 0 Å². The molecule has 0 unspecified atom stereocenters. The molecule has 0 radical (unpaired) electrons. The number of para-hydroxylation sites is 1. The summed E-state index contributed by atoms with van der Waals surface area (Å²) in [7, 11) is 0. The highest BCUT2D eigenvalue weighted by atomic mass is 32.1. The summed E-state index contributed by atoms with van der Waals surface area (Å²) in [6, 6.07) is 82.3. The van der Waals surface area contributed by atoms with Crippen LogP contribution in [0.5, 0.6) is 0 Å². The molecule has 12 aromatic rings. The van der Waals surface area contributed by atoms with Gasteiger partial charge in [0.1, 0.15) is 0 Å². The van der Waals surface area contributed by atoms with E-state index in [0.29, 0.717) is 0 Å². The molecule has 3 heteroatoms. The molecule has 0 aliphatic heterocycles. The number of rotatable bonds is 7. The van der Waals surface area contributed by atoms with E-state index in [2.05, 4.69) is 229 Å². The molecule has 0 bridgehead atoms. The summed E-state index contributed by atoms with van der Waals surface area (Å²) in [6.45, 7) is 0. The Kier molecular flexibility index (Phi) is 8.62. The predicted molar refractivity (Wildman–Crippen MR) is 266 cm³/mol. The first-order valence-electron chi connectivity index (χ1n) is 20.7. The van der Waals surface area contributed by atoms with Gasteiger partial charge in [-0.15, -0.1) is 22.7 Å². The minimum atomic E-state index is 1.10. The lowest BCUT2D eigenvalue weighted by atomic mass is 9.90. The van der Waals surface area contributed by atoms with Crippen molar-refractivity contribution >= 4 is 90.9 Å². The molecule has 0 amide bonds. The Labute approximate surface area is 362 Å². The maximum Gasteiger partial charge on any atom is 0.0540 e. The molecule has 2 heterocycles. The lowest BCUT2D eigenvalue weighted by Gasteiger charge is -2.29. The SMILES string of the molecule is c1ccc(-c2cccc3cccc(-c4ccccc4N(c4ccc(-c5cccc6c5sc5ccccc56)cc4)c4ccc(-c5cccc6c5sc5ccccc56)cc4)c23)cc1. The first-order chi connectivity index (χ1) is 30.3. The zero-order chi connectivity index (χ0) is 40.3. The maximum atomic E-state index is 2.44. The Bertz CT molecular complexity index is 3420. The minimum Gasteiger partial charge on any atom is -0.310 e. The summed E-state index contributed by atoms with van der Waals surface area (Å²) in [6.07, 6.45) is 0. The van der Waals surface area contributed by atoms with Crippen LogP contribution in [-0.2, 0) is 0 Å². The summed E-state index contributed by atoms with van der Waals surface area (Å²) in [4.78, 5) is 2.44. The highest BCUT2D eigenvalue weighted by molar-refractivity contribution is 7.26. The number of benzene rings is 10. The van der Waals surface area contributed by atoms with E-state index in [0.717, 1.165) is 17.1 Å². The van der Waals surface area contributed by atoms with E-state index in [1.54, 1.807) is 0 Å². The molecule has 0 aliphatic carbocycles. The van der Waals surface area contributed by atoms with Gasteiger partial charge in [0.25, 0.3) is 0 Å². The van der Waals surface area contributed by atoms with Crippen LogP contribution in [-0.4, -0.2) is 0 Å². The second-order valence-electron chi connectivity index (χ2n) is 15.6. The Morgan fingerprint density at radius 3 is 1.30 bits per heavy atom. The lowest BCUT2D eigenvalue weighted by Crippen LogP contribution is -2.11. The van der Waals surface area contributed by atoms with Gasteiger partial charge in [-0.2, -0.15) is 0 Å². The van der Waals surface area contributed by atoms with Crippen LogP contribution in [0.3, 0.4) is 0 Å². The summed E-state index contributed by atoms with van der Waals surface area (Å²) < 4.78 is 5.29. The Balaban J connectivity index is 1.03. The normalized spacial score (nSPS) is 11.6. The van der Waals surface area contributed by atoms with Gasteiger partial charge >= 0.3 is 0 Å². The number of thiophene rings is 2. The molecule has 0 N–H and O–H groups in total. The van der Waals surface area contributed by atoms with Crippen LogP contribution in [0.15, 0.2) is 224 Å². The third kappa shape index (κ3) is 6.04. The maximum absolute atomic E-state index is 2.44. The summed E-state index contributed by atoms with van der Waals surface area (Å²) in [5.41, 5.74) is 13.1. The smallest absolute Gasteiger partial charge is 0.0540 e.